The summed E-state index contributed by atoms with van der Waals surface area (Å²) in [5.74, 6) is 1.50. The second-order valence-electron chi connectivity index (χ2n) is 4.88. The Kier molecular flexibility index (Phi) is 3.82. The fourth-order valence-corrected chi connectivity index (χ4v) is 2.08. The summed E-state index contributed by atoms with van der Waals surface area (Å²) in [6.45, 7) is 4.54. The number of aliphatic hydroxyl groups is 1. The summed E-state index contributed by atoms with van der Waals surface area (Å²) in [6, 6.07) is 8.53. The molecule has 0 bridgehead atoms. The van der Waals surface area contributed by atoms with Crippen molar-refractivity contribution in [1.82, 2.24) is 9.55 Å². The SMILES string of the molecule is CC(C)c1ccc(-c2ncc(CCO)n2C)cc1. The van der Waals surface area contributed by atoms with Crippen LogP contribution in [0.1, 0.15) is 31.0 Å². The Labute approximate surface area is 108 Å². The van der Waals surface area contributed by atoms with E-state index in [-0.39, 0.29) is 6.61 Å². The minimum atomic E-state index is 0.158. The first kappa shape index (κ1) is 12.8. The van der Waals surface area contributed by atoms with E-state index in [0.717, 1.165) is 17.1 Å². The molecular formula is C15H20N2O. The number of nitrogens with zero attached hydrogens (tertiary/aromatic N) is 2. The topological polar surface area (TPSA) is 38.1 Å². The maximum Gasteiger partial charge on any atom is 0.139 e. The van der Waals surface area contributed by atoms with Crippen LogP contribution < -0.4 is 0 Å². The molecule has 0 atom stereocenters. The van der Waals surface area contributed by atoms with Crippen LogP contribution in [-0.4, -0.2) is 21.3 Å². The van der Waals surface area contributed by atoms with Gasteiger partial charge in [0.05, 0.1) is 0 Å². The standard InChI is InChI=1S/C15H20N2O/c1-11(2)12-4-6-13(7-5-12)15-16-10-14(8-9-18)17(15)3/h4-7,10-11,18H,8-9H2,1-3H3. The molecule has 0 aliphatic carbocycles. The minimum absolute atomic E-state index is 0.158. The number of imidazole rings is 1. The molecule has 2 aromatic rings. The molecule has 0 amide bonds. The lowest BCUT2D eigenvalue weighted by molar-refractivity contribution is 0.297. The van der Waals surface area contributed by atoms with Crippen LogP contribution in [0.3, 0.4) is 0 Å². The first-order valence-corrected chi connectivity index (χ1v) is 6.35. The number of hydrogen-bond donors (Lipinski definition) is 1. The molecular weight excluding hydrogens is 224 g/mol. The lowest BCUT2D eigenvalue weighted by atomic mass is 10.0. The van der Waals surface area contributed by atoms with Gasteiger partial charge >= 0.3 is 0 Å². The first-order chi connectivity index (χ1) is 8.63. The summed E-state index contributed by atoms with van der Waals surface area (Å²) in [5, 5.41) is 8.98. The summed E-state index contributed by atoms with van der Waals surface area (Å²) >= 11 is 0. The van der Waals surface area contributed by atoms with Crippen LogP contribution >= 0.6 is 0 Å². The number of aliphatic hydroxyl groups excluding tert-OH is 1. The normalized spacial score (nSPS) is 11.2. The van der Waals surface area contributed by atoms with Crippen molar-refractivity contribution < 1.29 is 5.11 Å². The third-order valence-electron chi connectivity index (χ3n) is 3.29. The third kappa shape index (κ3) is 2.46. The van der Waals surface area contributed by atoms with E-state index in [2.05, 4.69) is 43.1 Å². The molecule has 0 fully saturated rings. The van der Waals surface area contributed by atoms with Crippen molar-refractivity contribution in [2.45, 2.75) is 26.2 Å². The molecule has 18 heavy (non-hydrogen) atoms. The van der Waals surface area contributed by atoms with E-state index in [1.165, 1.54) is 5.56 Å². The average Bonchev–Trinajstić information content (AvgIpc) is 2.72. The van der Waals surface area contributed by atoms with Crippen molar-refractivity contribution >= 4 is 0 Å². The second kappa shape index (κ2) is 5.36. The van der Waals surface area contributed by atoms with E-state index in [4.69, 9.17) is 5.11 Å². The molecule has 0 aliphatic rings. The minimum Gasteiger partial charge on any atom is -0.396 e. The second-order valence-corrected chi connectivity index (χ2v) is 4.88. The lowest BCUT2D eigenvalue weighted by Crippen LogP contribution is -2.01. The zero-order valence-corrected chi connectivity index (χ0v) is 11.2. The first-order valence-electron chi connectivity index (χ1n) is 6.35. The van der Waals surface area contributed by atoms with Gasteiger partial charge in [0.25, 0.3) is 0 Å². The van der Waals surface area contributed by atoms with E-state index in [9.17, 15) is 0 Å². The highest BCUT2D eigenvalue weighted by molar-refractivity contribution is 5.56. The molecule has 0 unspecified atom stereocenters. The van der Waals surface area contributed by atoms with Gasteiger partial charge in [-0.2, -0.15) is 0 Å². The summed E-state index contributed by atoms with van der Waals surface area (Å²) in [7, 11) is 1.99. The molecule has 0 saturated carbocycles. The molecule has 3 nitrogen and oxygen atoms in total. The van der Waals surface area contributed by atoms with Crippen LogP contribution in [-0.2, 0) is 13.5 Å². The van der Waals surface area contributed by atoms with Gasteiger partial charge < -0.3 is 9.67 Å². The van der Waals surface area contributed by atoms with Crippen molar-refractivity contribution in [2.75, 3.05) is 6.61 Å². The fraction of sp³-hybridized carbons (Fsp3) is 0.400. The van der Waals surface area contributed by atoms with E-state index < -0.39 is 0 Å². The van der Waals surface area contributed by atoms with Crippen LogP contribution in [0.25, 0.3) is 11.4 Å². The highest BCUT2D eigenvalue weighted by Gasteiger charge is 2.08. The largest absolute Gasteiger partial charge is 0.396 e. The van der Waals surface area contributed by atoms with Crippen LogP contribution in [0.2, 0.25) is 0 Å². The van der Waals surface area contributed by atoms with Gasteiger partial charge in [-0.1, -0.05) is 38.1 Å². The number of aromatic nitrogens is 2. The molecule has 96 valence electrons. The molecule has 0 saturated heterocycles. The lowest BCUT2D eigenvalue weighted by Gasteiger charge is -2.08. The average molecular weight is 244 g/mol. The van der Waals surface area contributed by atoms with Crippen molar-refractivity contribution in [3.8, 4) is 11.4 Å². The summed E-state index contributed by atoms with van der Waals surface area (Å²) in [6.07, 6.45) is 2.48. The van der Waals surface area contributed by atoms with Gasteiger partial charge in [0, 0.05) is 37.5 Å². The maximum atomic E-state index is 8.98. The predicted octanol–water partition coefficient (Wildman–Crippen LogP) is 2.75. The van der Waals surface area contributed by atoms with E-state index in [1.807, 2.05) is 17.8 Å². The Morgan fingerprint density at radius 1 is 1.22 bits per heavy atom. The maximum absolute atomic E-state index is 8.98. The molecule has 1 heterocycles. The van der Waals surface area contributed by atoms with E-state index >= 15 is 0 Å². The van der Waals surface area contributed by atoms with Crippen LogP contribution in [0, 0.1) is 0 Å². The summed E-state index contributed by atoms with van der Waals surface area (Å²) < 4.78 is 2.04. The third-order valence-corrected chi connectivity index (χ3v) is 3.29. The molecule has 1 aromatic carbocycles. The molecule has 1 aromatic heterocycles. The Morgan fingerprint density at radius 3 is 2.44 bits per heavy atom. The van der Waals surface area contributed by atoms with Crippen LogP contribution in [0.5, 0.6) is 0 Å². The van der Waals surface area contributed by atoms with Gasteiger partial charge in [-0.25, -0.2) is 4.98 Å². The summed E-state index contributed by atoms with van der Waals surface area (Å²) in [5.41, 5.74) is 3.51. The van der Waals surface area contributed by atoms with Gasteiger partial charge in [0.15, 0.2) is 0 Å². The Hall–Kier alpha value is -1.61. The van der Waals surface area contributed by atoms with E-state index in [1.54, 1.807) is 0 Å². The molecule has 0 radical (unpaired) electrons. The van der Waals surface area contributed by atoms with Crippen molar-refractivity contribution in [3.63, 3.8) is 0 Å². The van der Waals surface area contributed by atoms with Crippen LogP contribution in [0.4, 0.5) is 0 Å². The van der Waals surface area contributed by atoms with Gasteiger partial charge in [-0.05, 0) is 11.5 Å². The molecule has 0 spiro atoms. The quantitative estimate of drug-likeness (QED) is 0.898. The van der Waals surface area contributed by atoms with Gasteiger partial charge in [0.1, 0.15) is 5.82 Å². The predicted molar refractivity (Wildman–Crippen MR) is 73.5 cm³/mol. The number of hydrogen-bond acceptors (Lipinski definition) is 2. The van der Waals surface area contributed by atoms with Gasteiger partial charge in [-0.3, -0.25) is 0 Å². The number of rotatable bonds is 4. The van der Waals surface area contributed by atoms with Gasteiger partial charge in [-0.15, -0.1) is 0 Å². The number of benzene rings is 1. The smallest absolute Gasteiger partial charge is 0.139 e. The van der Waals surface area contributed by atoms with Crippen molar-refractivity contribution in [3.05, 3.63) is 41.7 Å². The Morgan fingerprint density at radius 2 is 1.89 bits per heavy atom. The molecule has 0 aliphatic heterocycles. The highest BCUT2D eigenvalue weighted by atomic mass is 16.3. The summed E-state index contributed by atoms with van der Waals surface area (Å²) in [4.78, 5) is 4.43. The monoisotopic (exact) mass is 244 g/mol. The van der Waals surface area contributed by atoms with Crippen molar-refractivity contribution in [2.24, 2.45) is 7.05 Å². The molecule has 2 rings (SSSR count). The Bertz CT molecular complexity index is 512. The molecule has 1 N–H and O–H groups in total. The van der Waals surface area contributed by atoms with Crippen LogP contribution in [0.15, 0.2) is 30.5 Å². The van der Waals surface area contributed by atoms with Gasteiger partial charge in [0.2, 0.25) is 0 Å². The fourth-order valence-electron chi connectivity index (χ4n) is 2.08. The zero-order chi connectivity index (χ0) is 13.1. The highest BCUT2D eigenvalue weighted by Crippen LogP contribution is 2.22. The Balaban J connectivity index is 2.31. The zero-order valence-electron chi connectivity index (χ0n) is 11.2. The molecule has 3 heteroatoms. The van der Waals surface area contributed by atoms with Crippen molar-refractivity contribution in [1.29, 1.82) is 0 Å². The van der Waals surface area contributed by atoms with E-state index in [0.29, 0.717) is 12.3 Å².